The van der Waals surface area contributed by atoms with Crippen molar-refractivity contribution in [3.63, 3.8) is 0 Å². The monoisotopic (exact) mass is 219 g/mol. The lowest BCUT2D eigenvalue weighted by Crippen LogP contribution is -2.37. The third kappa shape index (κ3) is 8.35. The van der Waals surface area contributed by atoms with E-state index in [1.54, 1.807) is 0 Å². The second kappa shape index (κ2) is 7.62. The van der Waals surface area contributed by atoms with E-state index < -0.39 is 11.6 Å². The maximum atomic E-state index is 11.2. The number of carbonyl (C=O) groups is 1. The summed E-state index contributed by atoms with van der Waals surface area (Å²) < 4.78 is 9.97. The molecule has 1 unspecified atom stereocenters. The van der Waals surface area contributed by atoms with E-state index in [9.17, 15) is 9.90 Å². The number of hydrogen-bond acceptors (Lipinski definition) is 5. The Morgan fingerprint density at radius 3 is 2.60 bits per heavy atom. The summed E-state index contributed by atoms with van der Waals surface area (Å²) in [4.78, 5) is 11.2. The Morgan fingerprint density at radius 1 is 1.40 bits per heavy atom. The predicted octanol–water partition coefficient (Wildman–Crippen LogP) is 0.0560. The third-order valence-corrected chi connectivity index (χ3v) is 1.80. The molecular weight excluding hydrogens is 198 g/mol. The van der Waals surface area contributed by atoms with Crippen molar-refractivity contribution in [2.45, 2.75) is 32.3 Å². The lowest BCUT2D eigenvalue weighted by atomic mass is 10.0. The van der Waals surface area contributed by atoms with Crippen molar-refractivity contribution in [3.8, 4) is 0 Å². The fourth-order valence-corrected chi connectivity index (χ4v) is 0.895. The number of hydrogen-bond donors (Lipinski definition) is 2. The second-order valence-corrected chi connectivity index (χ2v) is 3.71. The van der Waals surface area contributed by atoms with Gasteiger partial charge in [0.05, 0.1) is 18.6 Å². The van der Waals surface area contributed by atoms with Crippen molar-refractivity contribution in [1.29, 1.82) is 0 Å². The molecule has 0 spiro atoms. The van der Waals surface area contributed by atoms with Crippen LogP contribution in [0.2, 0.25) is 0 Å². The fraction of sp³-hybridized carbons (Fsp3) is 0.900. The van der Waals surface area contributed by atoms with Crippen molar-refractivity contribution < 1.29 is 19.4 Å². The Kier molecular flexibility index (Phi) is 7.29. The van der Waals surface area contributed by atoms with E-state index in [1.165, 1.54) is 6.92 Å². The first-order valence-corrected chi connectivity index (χ1v) is 5.17. The molecule has 5 heteroatoms. The molecule has 3 N–H and O–H groups in total. The minimum Gasteiger partial charge on any atom is -0.463 e. The predicted molar refractivity (Wildman–Crippen MR) is 56.4 cm³/mol. The van der Waals surface area contributed by atoms with E-state index in [4.69, 9.17) is 15.2 Å². The van der Waals surface area contributed by atoms with Gasteiger partial charge < -0.3 is 20.3 Å². The molecule has 0 aliphatic rings. The lowest BCUT2D eigenvalue weighted by Gasteiger charge is -2.19. The summed E-state index contributed by atoms with van der Waals surface area (Å²) in [6.07, 6.45) is 0.854. The molecule has 5 nitrogen and oxygen atoms in total. The van der Waals surface area contributed by atoms with Crippen LogP contribution in [0, 0.1) is 0 Å². The molecule has 1 atom stereocenters. The zero-order valence-electron chi connectivity index (χ0n) is 9.49. The summed E-state index contributed by atoms with van der Waals surface area (Å²) in [6, 6.07) is 0. The van der Waals surface area contributed by atoms with Gasteiger partial charge in [0.2, 0.25) is 0 Å². The van der Waals surface area contributed by atoms with Gasteiger partial charge in [-0.1, -0.05) is 6.92 Å². The van der Waals surface area contributed by atoms with Crippen LogP contribution in [-0.2, 0) is 14.3 Å². The SMILES string of the molecule is CCCOCCOC(=O)CC(C)(O)CN. The van der Waals surface area contributed by atoms with Crippen LogP contribution in [0.25, 0.3) is 0 Å². The van der Waals surface area contributed by atoms with Crippen molar-refractivity contribution >= 4 is 5.97 Å². The summed E-state index contributed by atoms with van der Waals surface area (Å²) in [5.41, 5.74) is 4.09. The number of ether oxygens (including phenoxy) is 2. The topological polar surface area (TPSA) is 81.8 Å². The van der Waals surface area contributed by atoms with Crippen molar-refractivity contribution in [3.05, 3.63) is 0 Å². The van der Waals surface area contributed by atoms with Crippen LogP contribution in [0.4, 0.5) is 0 Å². The summed E-state index contributed by atoms with van der Waals surface area (Å²) in [5.74, 6) is -0.453. The Hall–Kier alpha value is -0.650. The molecule has 0 aromatic carbocycles. The van der Waals surface area contributed by atoms with Crippen LogP contribution >= 0.6 is 0 Å². The van der Waals surface area contributed by atoms with Crippen LogP contribution in [0.5, 0.6) is 0 Å². The van der Waals surface area contributed by atoms with Crippen LogP contribution < -0.4 is 5.73 Å². The van der Waals surface area contributed by atoms with Gasteiger partial charge in [-0.15, -0.1) is 0 Å². The molecule has 15 heavy (non-hydrogen) atoms. The van der Waals surface area contributed by atoms with Gasteiger partial charge in [-0.25, -0.2) is 0 Å². The molecule has 0 aliphatic carbocycles. The van der Waals surface area contributed by atoms with Crippen LogP contribution in [0.15, 0.2) is 0 Å². The summed E-state index contributed by atoms with van der Waals surface area (Å²) in [6.45, 7) is 4.82. The third-order valence-electron chi connectivity index (χ3n) is 1.80. The highest BCUT2D eigenvalue weighted by atomic mass is 16.6. The molecule has 90 valence electrons. The number of nitrogens with two attached hydrogens (primary N) is 1. The van der Waals surface area contributed by atoms with Crippen LogP contribution in [-0.4, -0.2) is 43.0 Å². The molecule has 0 amide bonds. The minimum absolute atomic E-state index is 0.0361. The zero-order chi connectivity index (χ0) is 11.7. The maximum Gasteiger partial charge on any atom is 0.308 e. The average molecular weight is 219 g/mol. The Morgan fingerprint density at radius 2 is 2.07 bits per heavy atom. The van der Waals surface area contributed by atoms with Gasteiger partial charge in [0.15, 0.2) is 0 Å². The van der Waals surface area contributed by atoms with E-state index in [0.29, 0.717) is 13.2 Å². The minimum atomic E-state index is -1.18. The first-order valence-electron chi connectivity index (χ1n) is 5.17. The quantitative estimate of drug-likeness (QED) is 0.445. The Bertz CT molecular complexity index is 182. The van der Waals surface area contributed by atoms with Gasteiger partial charge in [0.1, 0.15) is 6.61 Å². The second-order valence-electron chi connectivity index (χ2n) is 3.71. The largest absolute Gasteiger partial charge is 0.463 e. The molecule has 0 fully saturated rings. The molecule has 0 saturated carbocycles. The fourth-order valence-electron chi connectivity index (χ4n) is 0.895. The highest BCUT2D eigenvalue weighted by molar-refractivity contribution is 5.70. The maximum absolute atomic E-state index is 11.2. The Labute approximate surface area is 90.5 Å². The van der Waals surface area contributed by atoms with Gasteiger partial charge >= 0.3 is 5.97 Å². The van der Waals surface area contributed by atoms with E-state index in [-0.39, 0.29) is 19.6 Å². The smallest absolute Gasteiger partial charge is 0.308 e. The van der Waals surface area contributed by atoms with Crippen LogP contribution in [0.1, 0.15) is 26.7 Å². The van der Waals surface area contributed by atoms with Crippen molar-refractivity contribution in [2.24, 2.45) is 5.73 Å². The molecular formula is C10H21NO4. The summed E-state index contributed by atoms with van der Waals surface area (Å²) >= 11 is 0. The van der Waals surface area contributed by atoms with Gasteiger partial charge in [-0.05, 0) is 13.3 Å². The number of aliphatic hydroxyl groups is 1. The highest BCUT2D eigenvalue weighted by Crippen LogP contribution is 2.07. The highest BCUT2D eigenvalue weighted by Gasteiger charge is 2.23. The lowest BCUT2D eigenvalue weighted by molar-refractivity contribution is -0.149. The van der Waals surface area contributed by atoms with Crippen LogP contribution in [0.3, 0.4) is 0 Å². The molecule has 0 aromatic rings. The summed E-state index contributed by atoms with van der Waals surface area (Å²) in [5, 5.41) is 9.48. The molecule has 0 aromatic heterocycles. The number of carbonyl (C=O) groups excluding carboxylic acids is 1. The number of rotatable bonds is 8. The molecule has 0 saturated heterocycles. The van der Waals surface area contributed by atoms with E-state index >= 15 is 0 Å². The molecule has 0 heterocycles. The average Bonchev–Trinajstić information content (AvgIpc) is 2.17. The van der Waals surface area contributed by atoms with Gasteiger partial charge in [0, 0.05) is 13.2 Å². The van der Waals surface area contributed by atoms with Gasteiger partial charge in [-0.3, -0.25) is 4.79 Å². The number of esters is 1. The molecule has 0 bridgehead atoms. The van der Waals surface area contributed by atoms with Crippen molar-refractivity contribution in [2.75, 3.05) is 26.4 Å². The first-order chi connectivity index (χ1) is 7.02. The van der Waals surface area contributed by atoms with E-state index in [2.05, 4.69) is 0 Å². The van der Waals surface area contributed by atoms with Crippen molar-refractivity contribution in [1.82, 2.24) is 0 Å². The zero-order valence-corrected chi connectivity index (χ0v) is 9.49. The standard InChI is InChI=1S/C10H21NO4/c1-3-4-14-5-6-15-9(12)7-10(2,13)8-11/h13H,3-8,11H2,1-2H3. The Balaban J connectivity index is 3.49. The first kappa shape index (κ1) is 14.3. The van der Waals surface area contributed by atoms with E-state index in [0.717, 1.165) is 6.42 Å². The molecule has 0 rings (SSSR count). The normalized spacial score (nSPS) is 14.7. The summed E-state index contributed by atoms with van der Waals surface area (Å²) in [7, 11) is 0. The molecule has 0 radical (unpaired) electrons. The molecule has 0 aliphatic heterocycles. The van der Waals surface area contributed by atoms with Gasteiger partial charge in [-0.2, -0.15) is 0 Å². The van der Waals surface area contributed by atoms with E-state index in [1.807, 2.05) is 6.92 Å². The van der Waals surface area contributed by atoms with Gasteiger partial charge in [0.25, 0.3) is 0 Å².